The van der Waals surface area contributed by atoms with Crippen molar-refractivity contribution in [1.82, 2.24) is 0 Å². The first-order valence-electron chi connectivity index (χ1n) is 3.26. The van der Waals surface area contributed by atoms with Crippen LogP contribution in [0.4, 0.5) is 0 Å². The van der Waals surface area contributed by atoms with E-state index in [1.54, 1.807) is 0 Å². The zero-order valence-electron chi connectivity index (χ0n) is 7.07. The van der Waals surface area contributed by atoms with E-state index in [-0.39, 0.29) is 10.6 Å². The van der Waals surface area contributed by atoms with Gasteiger partial charge in [-0.15, -0.1) is 4.89 Å². The Morgan fingerprint density at radius 3 is 2.33 bits per heavy atom. The Balaban J connectivity index is 4.48. The summed E-state index contributed by atoms with van der Waals surface area (Å²) in [5.74, 6) is 0.603. The van der Waals surface area contributed by atoms with Crippen molar-refractivity contribution in [2.45, 2.75) is 13.8 Å². The maximum absolute atomic E-state index is 10.3. The topological polar surface area (TPSA) is 55.8 Å². The number of allylic oxidation sites excluding steroid dienone is 1. The van der Waals surface area contributed by atoms with Crippen molar-refractivity contribution in [3.63, 3.8) is 0 Å². The van der Waals surface area contributed by atoms with E-state index >= 15 is 0 Å². The number of rotatable bonds is 4. The Morgan fingerprint density at radius 1 is 1.58 bits per heavy atom. The summed E-state index contributed by atoms with van der Waals surface area (Å²) in [6, 6.07) is 0. The lowest BCUT2D eigenvalue weighted by atomic mass is 10.2. The highest BCUT2D eigenvalue weighted by Gasteiger charge is 2.21. The van der Waals surface area contributed by atoms with Crippen molar-refractivity contribution in [2.75, 3.05) is 7.11 Å². The van der Waals surface area contributed by atoms with Crippen LogP contribution >= 0.6 is 24.2 Å². The molecule has 0 aliphatic carbocycles. The summed E-state index contributed by atoms with van der Waals surface area (Å²) in [5, 5.41) is 0. The van der Waals surface area contributed by atoms with Crippen molar-refractivity contribution in [1.29, 1.82) is 0 Å². The van der Waals surface area contributed by atoms with Crippen LogP contribution in [-0.4, -0.2) is 12.0 Å². The molecule has 0 rings (SSSR count). The number of ether oxygens (including phenoxy) is 1. The van der Waals surface area contributed by atoms with Gasteiger partial charge in [-0.3, -0.25) is 0 Å². The molecule has 0 aromatic heterocycles. The molecule has 0 radical (unpaired) electrons. The van der Waals surface area contributed by atoms with Crippen LogP contribution in [0.5, 0.6) is 0 Å². The van der Waals surface area contributed by atoms with E-state index in [9.17, 15) is 4.57 Å². The monoisotopic (exact) mass is 257 g/mol. The molecule has 1 atom stereocenters. The first kappa shape index (κ1) is 11.9. The lowest BCUT2D eigenvalue weighted by molar-refractivity contribution is 0.232. The van der Waals surface area contributed by atoms with E-state index in [0.29, 0.717) is 5.76 Å². The smallest absolute Gasteiger partial charge is 0.496 e. The molecule has 0 saturated carbocycles. The molecular weight excluding hydrogens is 247 g/mol. The third kappa shape index (κ3) is 4.04. The summed E-state index contributed by atoms with van der Waals surface area (Å²) < 4.78 is 19.9. The van der Waals surface area contributed by atoms with Crippen molar-refractivity contribution < 1.29 is 18.7 Å². The van der Waals surface area contributed by atoms with Crippen molar-refractivity contribution in [2.24, 2.45) is 5.92 Å². The molecule has 0 amide bonds. The lowest BCUT2D eigenvalue weighted by Gasteiger charge is -2.08. The average molecular weight is 258 g/mol. The second kappa shape index (κ2) is 5.51. The summed E-state index contributed by atoms with van der Waals surface area (Å²) in [4.78, 5) is 8.42. The van der Waals surface area contributed by atoms with Gasteiger partial charge in [0.25, 0.3) is 4.67 Å². The van der Waals surface area contributed by atoms with E-state index < -0.39 is 8.25 Å². The quantitative estimate of drug-likeness (QED) is 0.621. The lowest BCUT2D eigenvalue weighted by Crippen LogP contribution is -1.99. The van der Waals surface area contributed by atoms with Crippen molar-refractivity contribution >= 4 is 24.2 Å². The number of hydrogen-bond acceptors (Lipinski definition) is 3. The molecule has 0 aliphatic heterocycles. The van der Waals surface area contributed by atoms with Gasteiger partial charge in [-0.2, -0.15) is 0 Å². The zero-order chi connectivity index (χ0) is 9.72. The molecule has 12 heavy (non-hydrogen) atoms. The van der Waals surface area contributed by atoms with Crippen LogP contribution in [0.1, 0.15) is 13.8 Å². The molecule has 0 aromatic carbocycles. The molecule has 0 saturated heterocycles. The average Bonchev–Trinajstić information content (AvgIpc) is 1.85. The number of halogens is 1. The summed E-state index contributed by atoms with van der Waals surface area (Å²) in [7, 11) is -1.16. The van der Waals surface area contributed by atoms with Crippen LogP contribution in [0.15, 0.2) is 10.4 Å². The van der Waals surface area contributed by atoms with E-state index in [4.69, 9.17) is 9.63 Å². The fraction of sp³-hybridized carbons (Fsp3) is 0.667. The normalized spacial score (nSPS) is 14.0. The number of hydrogen-bond donors (Lipinski definition) is 1. The van der Waals surface area contributed by atoms with Crippen molar-refractivity contribution in [3.8, 4) is 0 Å². The molecule has 1 unspecified atom stereocenters. The Morgan fingerprint density at radius 2 is 2.08 bits per heavy atom. The van der Waals surface area contributed by atoms with Crippen LogP contribution in [0.3, 0.4) is 0 Å². The standard InChI is InChI=1S/C6H10BrO4P/c1-4(2)5(10-3)6(7)11-12(8)9/h4H,1-3H3/p+1. The van der Waals surface area contributed by atoms with Gasteiger partial charge in [-0.25, -0.2) is 4.52 Å². The first-order valence-corrected chi connectivity index (χ1v) is 5.19. The van der Waals surface area contributed by atoms with Crippen LogP contribution in [0.2, 0.25) is 0 Å². The Kier molecular flexibility index (Phi) is 5.46. The highest BCUT2D eigenvalue weighted by Crippen LogP contribution is 2.29. The van der Waals surface area contributed by atoms with Gasteiger partial charge in [0, 0.05) is 26.4 Å². The highest BCUT2D eigenvalue weighted by molar-refractivity contribution is 9.11. The van der Waals surface area contributed by atoms with Gasteiger partial charge in [0.2, 0.25) is 0 Å². The van der Waals surface area contributed by atoms with E-state index in [1.807, 2.05) is 13.8 Å². The summed E-state index contributed by atoms with van der Waals surface area (Å²) in [5.41, 5.74) is 0. The second-order valence-electron chi connectivity index (χ2n) is 2.33. The third-order valence-corrected chi connectivity index (χ3v) is 2.24. The van der Waals surface area contributed by atoms with Gasteiger partial charge < -0.3 is 4.74 Å². The molecule has 0 aromatic rings. The minimum absolute atomic E-state index is 0.0966. The Hall–Kier alpha value is -0.120. The van der Waals surface area contributed by atoms with Gasteiger partial charge >= 0.3 is 8.25 Å². The fourth-order valence-electron chi connectivity index (χ4n) is 0.656. The summed E-state index contributed by atoms with van der Waals surface area (Å²) in [6.07, 6.45) is 0. The van der Waals surface area contributed by atoms with E-state index in [2.05, 4.69) is 20.5 Å². The maximum Gasteiger partial charge on any atom is 0.748 e. The predicted octanol–water partition coefficient (Wildman–Crippen LogP) is 2.52. The molecule has 1 N–H and O–H groups in total. The Labute approximate surface area is 80.6 Å². The first-order chi connectivity index (χ1) is 5.49. The fourth-order valence-corrected chi connectivity index (χ4v) is 1.87. The third-order valence-electron chi connectivity index (χ3n) is 1.10. The largest absolute Gasteiger partial charge is 0.748 e. The maximum atomic E-state index is 10.3. The minimum Gasteiger partial charge on any atom is -0.496 e. The van der Waals surface area contributed by atoms with E-state index in [0.717, 1.165) is 0 Å². The van der Waals surface area contributed by atoms with Gasteiger partial charge in [0.1, 0.15) is 0 Å². The Bertz CT molecular complexity index is 202. The van der Waals surface area contributed by atoms with Crippen LogP contribution in [0, 0.1) is 5.92 Å². The SMILES string of the molecule is COC(=C(Br)O[P+](=O)O)C(C)C. The van der Waals surface area contributed by atoms with Gasteiger partial charge in [-0.05, 0) is 0 Å². The van der Waals surface area contributed by atoms with E-state index in [1.165, 1.54) is 7.11 Å². The molecule has 0 fully saturated rings. The molecule has 0 spiro atoms. The number of methoxy groups -OCH3 is 1. The highest BCUT2D eigenvalue weighted by atomic mass is 79.9. The zero-order valence-corrected chi connectivity index (χ0v) is 9.55. The molecule has 6 heteroatoms. The van der Waals surface area contributed by atoms with Gasteiger partial charge in [0.05, 0.1) is 7.11 Å². The van der Waals surface area contributed by atoms with Gasteiger partial charge in [0.15, 0.2) is 5.76 Å². The molecular formula is C6H11BrO4P+. The molecule has 0 aliphatic rings. The minimum atomic E-state index is -2.64. The van der Waals surface area contributed by atoms with Crippen LogP contribution < -0.4 is 0 Å². The molecule has 4 nitrogen and oxygen atoms in total. The van der Waals surface area contributed by atoms with Crippen molar-refractivity contribution in [3.05, 3.63) is 10.4 Å². The predicted molar refractivity (Wildman–Crippen MR) is 48.7 cm³/mol. The van der Waals surface area contributed by atoms with Crippen LogP contribution in [-0.2, 0) is 13.8 Å². The summed E-state index contributed by atoms with van der Waals surface area (Å²) in [6.45, 7) is 3.77. The van der Waals surface area contributed by atoms with Gasteiger partial charge in [-0.1, -0.05) is 13.8 Å². The molecule has 0 heterocycles. The summed E-state index contributed by atoms with van der Waals surface area (Å²) >= 11 is 2.99. The molecule has 70 valence electrons. The second-order valence-corrected chi connectivity index (χ2v) is 3.70. The van der Waals surface area contributed by atoms with Crippen LogP contribution in [0.25, 0.3) is 0 Å². The molecule has 0 bridgehead atoms.